The van der Waals surface area contributed by atoms with E-state index in [9.17, 15) is 0 Å². The summed E-state index contributed by atoms with van der Waals surface area (Å²) in [6.45, 7) is 6.74. The van der Waals surface area contributed by atoms with Crippen molar-refractivity contribution in [3.8, 4) is 0 Å². The smallest absolute Gasteiger partial charge is 0.111 e. The fourth-order valence-electron chi connectivity index (χ4n) is 0.717. The van der Waals surface area contributed by atoms with Crippen molar-refractivity contribution < 1.29 is 0 Å². The van der Waals surface area contributed by atoms with E-state index >= 15 is 0 Å². The SMILES string of the molecule is CC(C)C[Si](C)(Br)Br. The van der Waals surface area contributed by atoms with E-state index in [0.29, 0.717) is 0 Å². The Morgan fingerprint density at radius 3 is 1.75 bits per heavy atom. The standard InChI is InChI=1S/C5H12Br2Si/c1-5(2)4-8(3,6)7/h5H,4H2,1-3H3. The van der Waals surface area contributed by atoms with Gasteiger partial charge in [-0.05, 0) is 12.0 Å². The molecule has 0 spiro atoms. The van der Waals surface area contributed by atoms with E-state index in [0.717, 1.165) is 5.92 Å². The molecule has 0 aliphatic heterocycles. The van der Waals surface area contributed by atoms with Gasteiger partial charge in [0.25, 0.3) is 0 Å². The zero-order valence-corrected chi connectivity index (χ0v) is 9.71. The number of hydrogen-bond donors (Lipinski definition) is 0. The molecule has 50 valence electrons. The molecule has 0 saturated heterocycles. The van der Waals surface area contributed by atoms with Gasteiger partial charge in [-0.2, -0.15) is 0 Å². The van der Waals surface area contributed by atoms with Crippen LogP contribution in [0, 0.1) is 5.92 Å². The van der Waals surface area contributed by atoms with Crippen LogP contribution in [0.4, 0.5) is 0 Å². The van der Waals surface area contributed by atoms with Crippen molar-refractivity contribution in [2.75, 3.05) is 0 Å². The zero-order valence-electron chi connectivity index (χ0n) is 5.54. The summed E-state index contributed by atoms with van der Waals surface area (Å²) in [5.74, 6) is 0.811. The highest BCUT2D eigenvalue weighted by Gasteiger charge is 2.19. The Morgan fingerprint density at radius 1 is 1.38 bits per heavy atom. The molecule has 0 fully saturated rings. The van der Waals surface area contributed by atoms with Gasteiger partial charge in [0, 0.05) is 0 Å². The lowest BCUT2D eigenvalue weighted by Crippen LogP contribution is -2.13. The summed E-state index contributed by atoms with van der Waals surface area (Å²) in [7, 11) is 0. The maximum atomic E-state index is 3.63. The maximum Gasteiger partial charge on any atom is 0.198 e. The van der Waals surface area contributed by atoms with Crippen molar-refractivity contribution in [3.05, 3.63) is 0 Å². The van der Waals surface area contributed by atoms with Gasteiger partial charge in [-0.1, -0.05) is 20.4 Å². The van der Waals surface area contributed by atoms with E-state index in [1.807, 2.05) is 0 Å². The summed E-state index contributed by atoms with van der Waals surface area (Å²) in [6, 6.07) is 1.30. The average Bonchev–Trinajstić information content (AvgIpc) is 1.21. The molecule has 0 aliphatic rings. The lowest BCUT2D eigenvalue weighted by atomic mass is 10.3. The summed E-state index contributed by atoms with van der Waals surface area (Å²) >= 11 is 7.27. The third-order valence-corrected chi connectivity index (χ3v) is 4.24. The van der Waals surface area contributed by atoms with Crippen LogP contribution < -0.4 is 0 Å². The molecule has 0 heterocycles. The first-order chi connectivity index (χ1) is 3.42. The normalized spacial score (nSPS) is 12.8. The van der Waals surface area contributed by atoms with Crippen LogP contribution in [0.15, 0.2) is 0 Å². The van der Waals surface area contributed by atoms with Crippen LogP contribution >= 0.6 is 30.6 Å². The first kappa shape index (κ1) is 9.18. The monoisotopic (exact) mass is 258 g/mol. The lowest BCUT2D eigenvalue weighted by Gasteiger charge is -2.12. The van der Waals surface area contributed by atoms with Gasteiger partial charge in [0.05, 0.1) is 0 Å². The largest absolute Gasteiger partial charge is 0.198 e. The minimum absolute atomic E-state index is 0.811. The molecular formula is C5H12Br2Si. The third-order valence-electron chi connectivity index (χ3n) is 0.767. The van der Waals surface area contributed by atoms with E-state index in [1.54, 1.807) is 0 Å². The van der Waals surface area contributed by atoms with Crippen LogP contribution in [0.5, 0.6) is 0 Å². The number of halogens is 2. The number of rotatable bonds is 2. The molecular weight excluding hydrogens is 248 g/mol. The molecule has 3 heteroatoms. The first-order valence-corrected chi connectivity index (χ1v) is 10.0. The lowest BCUT2D eigenvalue weighted by molar-refractivity contribution is 0.729. The van der Waals surface area contributed by atoms with Crippen molar-refractivity contribution in [1.29, 1.82) is 0 Å². The second-order valence-electron chi connectivity index (χ2n) is 2.67. The van der Waals surface area contributed by atoms with E-state index < -0.39 is 5.31 Å². The molecule has 0 aromatic heterocycles. The summed E-state index contributed by atoms with van der Waals surface area (Å²) in [6.07, 6.45) is 0. The summed E-state index contributed by atoms with van der Waals surface area (Å²) in [5, 5.41) is -1.10. The van der Waals surface area contributed by atoms with Crippen LogP contribution in [-0.2, 0) is 0 Å². The molecule has 0 unspecified atom stereocenters. The Hall–Kier alpha value is 1.18. The molecule has 0 bridgehead atoms. The fourth-order valence-corrected chi connectivity index (χ4v) is 6.04. The minimum atomic E-state index is -1.10. The van der Waals surface area contributed by atoms with Gasteiger partial charge in [-0.15, -0.1) is 30.6 Å². The van der Waals surface area contributed by atoms with Gasteiger partial charge >= 0.3 is 0 Å². The highest BCUT2D eigenvalue weighted by molar-refractivity contribution is 9.51. The van der Waals surface area contributed by atoms with Crippen LogP contribution in [0.25, 0.3) is 0 Å². The van der Waals surface area contributed by atoms with E-state index in [-0.39, 0.29) is 0 Å². The molecule has 0 saturated carbocycles. The maximum absolute atomic E-state index is 3.63. The van der Waals surface area contributed by atoms with E-state index in [1.165, 1.54) is 6.04 Å². The zero-order chi connectivity index (χ0) is 6.78. The molecule has 0 radical (unpaired) electrons. The second-order valence-corrected chi connectivity index (χ2v) is 18.9. The Labute approximate surface area is 68.2 Å². The fraction of sp³-hybridized carbons (Fsp3) is 1.00. The quantitative estimate of drug-likeness (QED) is 0.526. The minimum Gasteiger partial charge on any atom is -0.111 e. The first-order valence-electron chi connectivity index (χ1n) is 2.79. The molecule has 0 amide bonds. The molecule has 0 rings (SSSR count). The van der Waals surface area contributed by atoms with Crippen molar-refractivity contribution in [2.24, 2.45) is 5.92 Å². The van der Waals surface area contributed by atoms with Crippen molar-refractivity contribution in [3.63, 3.8) is 0 Å². The Bertz CT molecular complexity index is 65.3. The molecule has 0 aromatic rings. The third kappa shape index (κ3) is 7.18. The van der Waals surface area contributed by atoms with Crippen molar-refractivity contribution in [1.82, 2.24) is 0 Å². The topological polar surface area (TPSA) is 0 Å². The van der Waals surface area contributed by atoms with Gasteiger partial charge in [0.1, 0.15) is 0 Å². The van der Waals surface area contributed by atoms with Crippen LogP contribution in [0.2, 0.25) is 12.6 Å². The van der Waals surface area contributed by atoms with Crippen LogP contribution in [-0.4, -0.2) is 5.31 Å². The van der Waals surface area contributed by atoms with Crippen molar-refractivity contribution in [2.45, 2.75) is 26.4 Å². The molecule has 0 aromatic carbocycles. The van der Waals surface area contributed by atoms with E-state index in [4.69, 9.17) is 0 Å². The predicted octanol–water partition coefficient (Wildman–Crippen LogP) is 3.50. The second kappa shape index (κ2) is 3.37. The summed E-state index contributed by atoms with van der Waals surface area (Å²) < 4.78 is 0. The highest BCUT2D eigenvalue weighted by atomic mass is 79.9. The average molecular weight is 260 g/mol. The molecule has 8 heavy (non-hydrogen) atoms. The van der Waals surface area contributed by atoms with Crippen LogP contribution in [0.1, 0.15) is 13.8 Å². The predicted molar refractivity (Wildman–Crippen MR) is 49.1 cm³/mol. The van der Waals surface area contributed by atoms with Gasteiger partial charge in [-0.3, -0.25) is 0 Å². The van der Waals surface area contributed by atoms with Gasteiger partial charge in [-0.25, -0.2) is 0 Å². The van der Waals surface area contributed by atoms with E-state index in [2.05, 4.69) is 51.0 Å². The Kier molecular flexibility index (Phi) is 3.87. The van der Waals surface area contributed by atoms with Gasteiger partial charge < -0.3 is 0 Å². The Balaban J connectivity index is 3.39. The number of hydrogen-bond acceptors (Lipinski definition) is 0. The van der Waals surface area contributed by atoms with Gasteiger partial charge in [0.15, 0.2) is 5.31 Å². The molecule has 0 atom stereocenters. The van der Waals surface area contributed by atoms with Crippen molar-refractivity contribution >= 4 is 35.9 Å². The molecule has 0 N–H and O–H groups in total. The molecule has 0 aliphatic carbocycles. The van der Waals surface area contributed by atoms with Crippen LogP contribution in [0.3, 0.4) is 0 Å². The van der Waals surface area contributed by atoms with Gasteiger partial charge in [0.2, 0.25) is 0 Å². The molecule has 0 nitrogen and oxygen atoms in total. The highest BCUT2D eigenvalue weighted by Crippen LogP contribution is 2.28. The summed E-state index contributed by atoms with van der Waals surface area (Å²) in [4.78, 5) is 0. The summed E-state index contributed by atoms with van der Waals surface area (Å²) in [5.41, 5.74) is 0. The Morgan fingerprint density at radius 2 is 1.75 bits per heavy atom.